The Hall–Kier alpha value is -3.77. The van der Waals surface area contributed by atoms with Gasteiger partial charge in [-0.3, -0.25) is 9.97 Å². The first-order valence-corrected chi connectivity index (χ1v) is 7.02. The van der Waals surface area contributed by atoms with Gasteiger partial charge in [-0.25, -0.2) is 23.9 Å². The molecule has 0 radical (unpaired) electrons. The van der Waals surface area contributed by atoms with Crippen LogP contribution in [-0.2, 0) is 6.54 Å². The Kier molecular flexibility index (Phi) is 5.06. The number of hydrogen-bond acceptors (Lipinski definition) is 9. The molecule has 3 rings (SSSR count). The number of rotatable bonds is 2. The predicted molar refractivity (Wildman–Crippen MR) is 88.6 cm³/mol. The van der Waals surface area contributed by atoms with Gasteiger partial charge in [-0.05, 0) is 13.8 Å². The average molecular weight is 348 g/mol. The fourth-order valence-corrected chi connectivity index (χ4v) is 1.80. The molecule has 3 aromatic heterocycles. The Bertz CT molecular complexity index is 990. The number of imidazole rings is 1. The van der Waals surface area contributed by atoms with Crippen LogP contribution in [0.15, 0.2) is 20.6 Å². The molecule has 3 heterocycles. The van der Waals surface area contributed by atoms with Crippen LogP contribution in [0.5, 0.6) is 0 Å². The summed E-state index contributed by atoms with van der Waals surface area (Å²) in [6, 6.07) is 0. The van der Waals surface area contributed by atoms with E-state index in [0.29, 0.717) is 11.5 Å². The number of nitrogen functional groups attached to an aromatic ring is 2. The van der Waals surface area contributed by atoms with Gasteiger partial charge < -0.3 is 16.5 Å². The summed E-state index contributed by atoms with van der Waals surface area (Å²) in [4.78, 5) is 54.4. The van der Waals surface area contributed by atoms with Crippen molar-refractivity contribution in [3.05, 3.63) is 43.5 Å². The molecule has 0 bridgehead atoms. The summed E-state index contributed by atoms with van der Waals surface area (Å²) in [6.45, 7) is 3.71. The van der Waals surface area contributed by atoms with Crippen LogP contribution in [0.2, 0.25) is 0 Å². The molecule has 3 aromatic rings. The van der Waals surface area contributed by atoms with E-state index in [1.807, 2.05) is 16.9 Å². The number of hydrogen-bond donors (Lipinski definition) is 5. The van der Waals surface area contributed by atoms with Gasteiger partial charge in [0.25, 0.3) is 0 Å². The Morgan fingerprint density at radius 2 is 1.56 bits per heavy atom. The van der Waals surface area contributed by atoms with Crippen LogP contribution >= 0.6 is 0 Å². The zero-order chi connectivity index (χ0) is 18.6. The summed E-state index contributed by atoms with van der Waals surface area (Å²) >= 11 is 0. The van der Waals surface area contributed by atoms with Crippen LogP contribution in [0.4, 0.5) is 11.9 Å². The van der Waals surface area contributed by atoms with Crippen LogP contribution < -0.4 is 28.5 Å². The topological polar surface area (TPSA) is 207 Å². The van der Waals surface area contributed by atoms with Gasteiger partial charge in [0.1, 0.15) is 11.5 Å². The molecule has 25 heavy (non-hydrogen) atoms. The van der Waals surface area contributed by atoms with E-state index in [2.05, 4.69) is 24.9 Å². The van der Waals surface area contributed by atoms with Gasteiger partial charge in [0.15, 0.2) is 5.82 Å². The van der Waals surface area contributed by atoms with E-state index in [0.717, 1.165) is 10.4 Å². The number of aromatic nitrogens is 8. The molecule has 0 spiro atoms. The fraction of sp³-hybridized carbons (Fsp3) is 0.250. The lowest BCUT2D eigenvalue weighted by atomic mass is 10.4. The monoisotopic (exact) mass is 348 g/mol. The quantitative estimate of drug-likeness (QED) is 0.345. The van der Waals surface area contributed by atoms with Gasteiger partial charge in [-0.1, -0.05) is 0 Å². The Balaban J connectivity index is 0.000000186. The van der Waals surface area contributed by atoms with E-state index in [4.69, 9.17) is 11.5 Å². The number of nitrogens with zero attached hydrogens (tertiary/aromatic N) is 5. The van der Waals surface area contributed by atoms with Crippen molar-refractivity contribution < 1.29 is 0 Å². The third-order valence-corrected chi connectivity index (χ3v) is 2.86. The lowest BCUT2D eigenvalue weighted by Crippen LogP contribution is -2.42. The smallest absolute Gasteiger partial charge is 0.333 e. The van der Waals surface area contributed by atoms with Crippen LogP contribution in [0.25, 0.3) is 11.5 Å². The van der Waals surface area contributed by atoms with Crippen molar-refractivity contribution in [1.82, 2.24) is 39.5 Å². The normalized spacial score (nSPS) is 10.2. The van der Waals surface area contributed by atoms with Crippen LogP contribution in [-0.4, -0.2) is 39.5 Å². The first kappa shape index (κ1) is 17.6. The maximum Gasteiger partial charge on any atom is 0.333 e. The summed E-state index contributed by atoms with van der Waals surface area (Å²) in [5.74, 6) is 1.37. The summed E-state index contributed by atoms with van der Waals surface area (Å²) in [7, 11) is 0. The van der Waals surface area contributed by atoms with Gasteiger partial charge >= 0.3 is 17.1 Å². The van der Waals surface area contributed by atoms with E-state index in [9.17, 15) is 14.4 Å². The van der Waals surface area contributed by atoms with Gasteiger partial charge in [0.2, 0.25) is 11.9 Å². The standard InChI is InChI=1S/C7H9N7.C5H7N3O3/c1-3-10-2-4(11-3)5-12-6(8)14-7(9)13-5;1-2-8-4(10)6-3(9)7-5(8)11/h2H,1H3,(H,10,11)(H4,8,9,12,13,14);2H2,1H3,(H2,6,7,9,10,11). The number of aromatic amines is 3. The predicted octanol–water partition coefficient (Wildman–Crippen LogP) is -2.02. The molecule has 0 saturated heterocycles. The van der Waals surface area contributed by atoms with Crippen molar-refractivity contribution in [3.63, 3.8) is 0 Å². The van der Waals surface area contributed by atoms with Crippen molar-refractivity contribution >= 4 is 11.9 Å². The van der Waals surface area contributed by atoms with E-state index < -0.39 is 17.1 Å². The van der Waals surface area contributed by atoms with E-state index in [1.54, 1.807) is 13.1 Å². The summed E-state index contributed by atoms with van der Waals surface area (Å²) in [5, 5.41) is 0. The van der Waals surface area contributed by atoms with Gasteiger partial charge in [-0.15, -0.1) is 0 Å². The molecule has 0 fully saturated rings. The molecule has 132 valence electrons. The zero-order valence-corrected chi connectivity index (χ0v) is 13.4. The molecule has 0 aromatic carbocycles. The molecule has 0 unspecified atom stereocenters. The molecule has 0 atom stereocenters. The summed E-state index contributed by atoms with van der Waals surface area (Å²) in [6.07, 6.45) is 1.61. The average Bonchev–Trinajstić information content (AvgIpc) is 2.93. The molecule has 13 heteroatoms. The Labute approximate surface area is 139 Å². The van der Waals surface area contributed by atoms with Crippen LogP contribution in [0, 0.1) is 6.92 Å². The third-order valence-electron chi connectivity index (χ3n) is 2.86. The molecule has 7 N–H and O–H groups in total. The van der Waals surface area contributed by atoms with Gasteiger partial charge in [-0.2, -0.15) is 15.0 Å². The lowest BCUT2D eigenvalue weighted by Gasteiger charge is -1.98. The van der Waals surface area contributed by atoms with Gasteiger partial charge in [0.05, 0.1) is 6.20 Å². The Morgan fingerprint density at radius 3 is 2.00 bits per heavy atom. The minimum absolute atomic E-state index is 0.0970. The minimum Gasteiger partial charge on any atom is -0.368 e. The van der Waals surface area contributed by atoms with Gasteiger partial charge in [0, 0.05) is 6.54 Å². The highest BCUT2D eigenvalue weighted by Crippen LogP contribution is 2.12. The van der Waals surface area contributed by atoms with Crippen LogP contribution in [0.1, 0.15) is 12.7 Å². The minimum atomic E-state index is -0.773. The second-order valence-electron chi connectivity index (χ2n) is 4.69. The molecule has 0 aliphatic heterocycles. The molecular formula is C12H16N10O3. The molecule has 0 aliphatic carbocycles. The highest BCUT2D eigenvalue weighted by molar-refractivity contribution is 5.51. The van der Waals surface area contributed by atoms with E-state index in [1.165, 1.54) is 0 Å². The van der Waals surface area contributed by atoms with Crippen molar-refractivity contribution in [3.8, 4) is 11.5 Å². The number of aryl methyl sites for hydroxylation is 1. The second kappa shape index (κ2) is 7.20. The first-order valence-electron chi connectivity index (χ1n) is 7.02. The maximum atomic E-state index is 10.8. The molecule has 0 saturated carbocycles. The highest BCUT2D eigenvalue weighted by atomic mass is 16.2. The zero-order valence-electron chi connectivity index (χ0n) is 13.4. The fourth-order valence-electron chi connectivity index (χ4n) is 1.80. The van der Waals surface area contributed by atoms with Crippen LogP contribution in [0.3, 0.4) is 0 Å². The van der Waals surface area contributed by atoms with E-state index in [-0.39, 0.29) is 18.4 Å². The van der Waals surface area contributed by atoms with Crippen molar-refractivity contribution in [2.75, 3.05) is 11.5 Å². The number of nitrogens with two attached hydrogens (primary N) is 2. The molecular weight excluding hydrogens is 332 g/mol. The van der Waals surface area contributed by atoms with Crippen molar-refractivity contribution in [2.45, 2.75) is 20.4 Å². The maximum absolute atomic E-state index is 10.8. The second-order valence-corrected chi connectivity index (χ2v) is 4.69. The number of anilines is 2. The van der Waals surface area contributed by atoms with E-state index >= 15 is 0 Å². The third kappa shape index (κ3) is 4.37. The molecule has 0 amide bonds. The largest absolute Gasteiger partial charge is 0.368 e. The highest BCUT2D eigenvalue weighted by Gasteiger charge is 2.06. The molecule has 13 nitrogen and oxygen atoms in total. The Morgan fingerprint density at radius 1 is 1.00 bits per heavy atom. The lowest BCUT2D eigenvalue weighted by molar-refractivity contribution is 0.632. The van der Waals surface area contributed by atoms with Crippen molar-refractivity contribution in [2.24, 2.45) is 0 Å². The van der Waals surface area contributed by atoms with Crippen molar-refractivity contribution in [1.29, 1.82) is 0 Å². The number of nitrogens with one attached hydrogen (secondary N) is 3. The first-order chi connectivity index (χ1) is 11.8. The SMILES string of the molecule is CCn1c(=O)[nH]c(=O)[nH]c1=O.Cc1ncc(-c2nc(N)nc(N)n2)[nH]1. The number of H-pyrrole nitrogens is 3. The molecule has 0 aliphatic rings. The summed E-state index contributed by atoms with van der Waals surface area (Å²) in [5.41, 5.74) is 9.39. The summed E-state index contributed by atoms with van der Waals surface area (Å²) < 4.78 is 0.890.